The molecule has 0 heterocycles. The SMILES string of the molecule is CCOc1cc(CO)c(OC)cc1C. The first-order chi connectivity index (χ1) is 6.72. The summed E-state index contributed by atoms with van der Waals surface area (Å²) in [6.07, 6.45) is 0. The molecule has 1 N–H and O–H groups in total. The second-order valence-electron chi connectivity index (χ2n) is 3.02. The number of hydrogen-bond donors (Lipinski definition) is 1. The van der Waals surface area contributed by atoms with Gasteiger partial charge in [0.05, 0.1) is 20.3 Å². The van der Waals surface area contributed by atoms with E-state index in [9.17, 15) is 0 Å². The van der Waals surface area contributed by atoms with Crippen LogP contribution in [0.25, 0.3) is 0 Å². The zero-order chi connectivity index (χ0) is 10.6. The van der Waals surface area contributed by atoms with Gasteiger partial charge in [-0.15, -0.1) is 0 Å². The zero-order valence-corrected chi connectivity index (χ0v) is 8.83. The fraction of sp³-hybridized carbons (Fsp3) is 0.455. The Morgan fingerprint density at radius 1 is 1.29 bits per heavy atom. The summed E-state index contributed by atoms with van der Waals surface area (Å²) in [4.78, 5) is 0. The summed E-state index contributed by atoms with van der Waals surface area (Å²) in [6.45, 7) is 4.47. The van der Waals surface area contributed by atoms with Gasteiger partial charge in [0.25, 0.3) is 0 Å². The first-order valence-electron chi connectivity index (χ1n) is 4.64. The highest BCUT2D eigenvalue weighted by Crippen LogP contribution is 2.28. The predicted molar refractivity (Wildman–Crippen MR) is 54.8 cm³/mol. The Hall–Kier alpha value is -1.22. The number of aliphatic hydroxyl groups excluding tert-OH is 1. The summed E-state index contributed by atoms with van der Waals surface area (Å²) in [6, 6.07) is 3.69. The molecule has 0 atom stereocenters. The van der Waals surface area contributed by atoms with Gasteiger partial charge in [-0.05, 0) is 31.5 Å². The molecule has 1 aromatic carbocycles. The summed E-state index contributed by atoms with van der Waals surface area (Å²) in [7, 11) is 1.59. The van der Waals surface area contributed by atoms with Gasteiger partial charge < -0.3 is 14.6 Å². The van der Waals surface area contributed by atoms with Crippen LogP contribution in [0.15, 0.2) is 12.1 Å². The van der Waals surface area contributed by atoms with Crippen molar-refractivity contribution < 1.29 is 14.6 Å². The van der Waals surface area contributed by atoms with E-state index in [0.29, 0.717) is 12.4 Å². The molecule has 0 bridgehead atoms. The quantitative estimate of drug-likeness (QED) is 0.799. The second-order valence-corrected chi connectivity index (χ2v) is 3.02. The second kappa shape index (κ2) is 4.86. The zero-order valence-electron chi connectivity index (χ0n) is 8.83. The lowest BCUT2D eigenvalue weighted by Gasteiger charge is -2.12. The standard InChI is InChI=1S/C11H16O3/c1-4-14-10-6-9(7-12)11(13-3)5-8(10)2/h5-6,12H,4,7H2,1-3H3. The van der Waals surface area contributed by atoms with E-state index >= 15 is 0 Å². The van der Waals surface area contributed by atoms with Crippen LogP contribution in [0, 0.1) is 6.92 Å². The van der Waals surface area contributed by atoms with Gasteiger partial charge in [0.2, 0.25) is 0 Å². The third-order valence-corrected chi connectivity index (χ3v) is 2.05. The van der Waals surface area contributed by atoms with E-state index in [1.807, 2.05) is 26.0 Å². The molecule has 3 nitrogen and oxygen atoms in total. The van der Waals surface area contributed by atoms with Crippen molar-refractivity contribution in [2.75, 3.05) is 13.7 Å². The molecule has 0 saturated carbocycles. The molecule has 0 fully saturated rings. The predicted octanol–water partition coefficient (Wildman–Crippen LogP) is 1.89. The average Bonchev–Trinajstić information content (AvgIpc) is 2.20. The smallest absolute Gasteiger partial charge is 0.124 e. The third kappa shape index (κ3) is 2.17. The summed E-state index contributed by atoms with van der Waals surface area (Å²) >= 11 is 0. The maximum Gasteiger partial charge on any atom is 0.124 e. The van der Waals surface area contributed by atoms with Gasteiger partial charge >= 0.3 is 0 Å². The average molecular weight is 196 g/mol. The summed E-state index contributed by atoms with van der Waals surface area (Å²) in [5.74, 6) is 1.51. The number of ether oxygens (including phenoxy) is 2. The van der Waals surface area contributed by atoms with Crippen molar-refractivity contribution >= 4 is 0 Å². The van der Waals surface area contributed by atoms with Crippen LogP contribution in [-0.2, 0) is 6.61 Å². The lowest BCUT2D eigenvalue weighted by Crippen LogP contribution is -1.98. The van der Waals surface area contributed by atoms with Crippen molar-refractivity contribution in [2.45, 2.75) is 20.5 Å². The summed E-state index contributed by atoms with van der Waals surface area (Å²) < 4.78 is 10.5. The Labute approximate surface area is 84.3 Å². The van der Waals surface area contributed by atoms with E-state index in [1.165, 1.54) is 0 Å². The molecule has 0 unspecified atom stereocenters. The summed E-state index contributed by atoms with van der Waals surface area (Å²) in [5.41, 5.74) is 1.77. The van der Waals surface area contributed by atoms with Crippen molar-refractivity contribution in [3.63, 3.8) is 0 Å². The van der Waals surface area contributed by atoms with Crippen LogP contribution in [-0.4, -0.2) is 18.8 Å². The molecule has 3 heteroatoms. The molecule has 0 radical (unpaired) electrons. The highest BCUT2D eigenvalue weighted by Gasteiger charge is 2.07. The highest BCUT2D eigenvalue weighted by atomic mass is 16.5. The van der Waals surface area contributed by atoms with Crippen molar-refractivity contribution in [1.82, 2.24) is 0 Å². The normalized spacial score (nSPS) is 10.0. The molecule has 0 aromatic heterocycles. The van der Waals surface area contributed by atoms with Crippen LogP contribution in [0.1, 0.15) is 18.1 Å². The minimum Gasteiger partial charge on any atom is -0.496 e. The number of hydrogen-bond acceptors (Lipinski definition) is 3. The van der Waals surface area contributed by atoms with Crippen molar-refractivity contribution in [1.29, 1.82) is 0 Å². The third-order valence-electron chi connectivity index (χ3n) is 2.05. The van der Waals surface area contributed by atoms with Gasteiger partial charge in [0.1, 0.15) is 11.5 Å². The van der Waals surface area contributed by atoms with Gasteiger partial charge in [-0.3, -0.25) is 0 Å². The molecule has 78 valence electrons. The molecule has 0 saturated heterocycles. The number of benzene rings is 1. The van der Waals surface area contributed by atoms with Gasteiger partial charge in [-0.1, -0.05) is 0 Å². The Morgan fingerprint density at radius 2 is 2.00 bits per heavy atom. The van der Waals surface area contributed by atoms with Crippen molar-refractivity contribution in [3.05, 3.63) is 23.3 Å². The van der Waals surface area contributed by atoms with E-state index in [4.69, 9.17) is 14.6 Å². The van der Waals surface area contributed by atoms with Crippen LogP contribution in [0.5, 0.6) is 11.5 Å². The monoisotopic (exact) mass is 196 g/mol. The minimum absolute atomic E-state index is 0.0382. The molecule has 0 aliphatic rings. The first kappa shape index (κ1) is 10.9. The van der Waals surface area contributed by atoms with Crippen LogP contribution in [0.3, 0.4) is 0 Å². The molecule has 1 aromatic rings. The number of methoxy groups -OCH3 is 1. The Morgan fingerprint density at radius 3 is 2.50 bits per heavy atom. The molecular weight excluding hydrogens is 180 g/mol. The fourth-order valence-corrected chi connectivity index (χ4v) is 1.33. The fourth-order valence-electron chi connectivity index (χ4n) is 1.33. The minimum atomic E-state index is -0.0382. The van der Waals surface area contributed by atoms with E-state index in [1.54, 1.807) is 7.11 Å². The first-order valence-corrected chi connectivity index (χ1v) is 4.64. The number of rotatable bonds is 4. The van der Waals surface area contributed by atoms with E-state index in [-0.39, 0.29) is 6.61 Å². The van der Waals surface area contributed by atoms with Gasteiger partial charge in [-0.25, -0.2) is 0 Å². The number of aryl methyl sites for hydroxylation is 1. The molecule has 0 spiro atoms. The van der Waals surface area contributed by atoms with Crippen molar-refractivity contribution in [2.24, 2.45) is 0 Å². The van der Waals surface area contributed by atoms with Gasteiger partial charge in [0.15, 0.2) is 0 Å². The molecule has 0 aliphatic heterocycles. The lowest BCUT2D eigenvalue weighted by molar-refractivity contribution is 0.271. The molecule has 0 aliphatic carbocycles. The van der Waals surface area contributed by atoms with E-state index in [0.717, 1.165) is 16.9 Å². The molecule has 1 rings (SSSR count). The number of aliphatic hydroxyl groups is 1. The highest BCUT2D eigenvalue weighted by molar-refractivity contribution is 5.45. The molecular formula is C11H16O3. The van der Waals surface area contributed by atoms with Crippen LogP contribution in [0.2, 0.25) is 0 Å². The Bertz CT molecular complexity index is 308. The largest absolute Gasteiger partial charge is 0.496 e. The van der Waals surface area contributed by atoms with Gasteiger partial charge in [0, 0.05) is 5.56 Å². The molecule has 14 heavy (non-hydrogen) atoms. The van der Waals surface area contributed by atoms with Crippen molar-refractivity contribution in [3.8, 4) is 11.5 Å². The van der Waals surface area contributed by atoms with E-state index < -0.39 is 0 Å². The molecule has 0 amide bonds. The van der Waals surface area contributed by atoms with Gasteiger partial charge in [-0.2, -0.15) is 0 Å². The topological polar surface area (TPSA) is 38.7 Å². The van der Waals surface area contributed by atoms with Crippen LogP contribution < -0.4 is 9.47 Å². The summed E-state index contributed by atoms with van der Waals surface area (Å²) in [5, 5.41) is 9.10. The Balaban J connectivity index is 3.09. The van der Waals surface area contributed by atoms with Crippen LogP contribution in [0.4, 0.5) is 0 Å². The van der Waals surface area contributed by atoms with E-state index in [2.05, 4.69) is 0 Å². The van der Waals surface area contributed by atoms with Crippen LogP contribution >= 0.6 is 0 Å². The lowest BCUT2D eigenvalue weighted by atomic mass is 10.1. The maximum atomic E-state index is 9.10. The maximum absolute atomic E-state index is 9.10. The Kier molecular flexibility index (Phi) is 3.77.